The molecule has 6 nitrogen and oxygen atoms in total. The van der Waals surface area contributed by atoms with Crippen LogP contribution in [0.5, 0.6) is 0 Å². The number of carbonyl (C=O) groups is 2. The van der Waals surface area contributed by atoms with Crippen molar-refractivity contribution >= 4 is 24.3 Å². The van der Waals surface area contributed by atoms with E-state index in [1.54, 1.807) is 0 Å². The fraction of sp³-hybridized carbons (Fsp3) is 0.636. The second kappa shape index (κ2) is 9.02. The highest BCUT2D eigenvalue weighted by atomic mass is 35.5. The Labute approximate surface area is 178 Å². The van der Waals surface area contributed by atoms with Crippen molar-refractivity contribution in [3.8, 4) is 0 Å². The molecule has 2 saturated heterocycles. The van der Waals surface area contributed by atoms with Gasteiger partial charge in [0.25, 0.3) is 0 Å². The Morgan fingerprint density at radius 1 is 1.17 bits per heavy atom. The maximum absolute atomic E-state index is 12.7. The normalized spacial score (nSPS) is 28.3. The molecule has 1 aromatic carbocycles. The molecule has 2 N–H and O–H groups in total. The largest absolute Gasteiger partial charge is 0.481 e. The van der Waals surface area contributed by atoms with Crippen molar-refractivity contribution in [1.82, 2.24) is 10.2 Å². The van der Waals surface area contributed by atoms with E-state index in [-0.39, 0.29) is 36.2 Å². The number of benzene rings is 1. The average molecular weight is 423 g/mol. The van der Waals surface area contributed by atoms with Crippen LogP contribution in [0.15, 0.2) is 30.3 Å². The van der Waals surface area contributed by atoms with Crippen molar-refractivity contribution in [2.24, 2.45) is 11.3 Å². The molecule has 1 aliphatic carbocycles. The van der Waals surface area contributed by atoms with E-state index in [1.165, 1.54) is 5.56 Å². The first kappa shape index (κ1) is 22.1. The van der Waals surface area contributed by atoms with E-state index < -0.39 is 11.4 Å². The van der Waals surface area contributed by atoms with E-state index >= 15 is 0 Å². The van der Waals surface area contributed by atoms with Crippen LogP contribution in [0.25, 0.3) is 0 Å². The smallest absolute Gasteiger partial charge is 0.311 e. The second-order valence-corrected chi connectivity index (χ2v) is 8.76. The van der Waals surface area contributed by atoms with E-state index in [1.807, 2.05) is 23.1 Å². The Morgan fingerprint density at radius 2 is 1.90 bits per heavy atom. The zero-order valence-corrected chi connectivity index (χ0v) is 17.6. The van der Waals surface area contributed by atoms with E-state index in [4.69, 9.17) is 4.74 Å². The maximum atomic E-state index is 12.7. The maximum Gasteiger partial charge on any atom is 0.311 e. The quantitative estimate of drug-likeness (QED) is 0.736. The molecule has 0 radical (unpaired) electrons. The number of amides is 1. The van der Waals surface area contributed by atoms with Gasteiger partial charge in [-0.15, -0.1) is 12.4 Å². The first-order chi connectivity index (χ1) is 13.5. The fourth-order valence-electron chi connectivity index (χ4n) is 5.51. The van der Waals surface area contributed by atoms with Crippen molar-refractivity contribution in [3.05, 3.63) is 35.9 Å². The van der Waals surface area contributed by atoms with E-state index in [0.717, 1.165) is 38.6 Å². The molecule has 1 amide bonds. The molecule has 7 heteroatoms. The molecule has 160 valence electrons. The molecular formula is C22H31ClN2O4. The summed E-state index contributed by atoms with van der Waals surface area (Å²) in [6, 6.07) is 10.4. The molecule has 2 aliphatic heterocycles. The predicted molar refractivity (Wildman–Crippen MR) is 112 cm³/mol. The third-order valence-corrected chi connectivity index (χ3v) is 7.19. The van der Waals surface area contributed by atoms with Gasteiger partial charge in [0.1, 0.15) is 0 Å². The van der Waals surface area contributed by atoms with Gasteiger partial charge in [0, 0.05) is 38.3 Å². The zero-order chi connectivity index (χ0) is 19.6. The minimum absolute atomic E-state index is 0. The molecule has 0 bridgehead atoms. The lowest BCUT2D eigenvalue weighted by Crippen LogP contribution is -2.47. The summed E-state index contributed by atoms with van der Waals surface area (Å²) in [5, 5.41) is 12.9. The van der Waals surface area contributed by atoms with Gasteiger partial charge in [0.05, 0.1) is 12.0 Å². The molecule has 4 rings (SSSR count). The lowest BCUT2D eigenvalue weighted by atomic mass is 9.74. The van der Waals surface area contributed by atoms with Crippen molar-refractivity contribution in [3.63, 3.8) is 0 Å². The topological polar surface area (TPSA) is 78.9 Å². The van der Waals surface area contributed by atoms with Crippen LogP contribution < -0.4 is 5.32 Å². The van der Waals surface area contributed by atoms with Crippen LogP contribution in [0.2, 0.25) is 0 Å². The number of aliphatic carboxylic acids is 1. The third-order valence-electron chi connectivity index (χ3n) is 7.19. The van der Waals surface area contributed by atoms with Crippen molar-refractivity contribution in [2.45, 2.75) is 37.5 Å². The summed E-state index contributed by atoms with van der Waals surface area (Å²) in [7, 11) is 0. The number of rotatable bonds is 6. The molecular weight excluding hydrogens is 392 g/mol. The molecule has 1 saturated carbocycles. The summed E-state index contributed by atoms with van der Waals surface area (Å²) in [5.41, 5.74) is 0.532. The summed E-state index contributed by atoms with van der Waals surface area (Å²) in [6.07, 6.45) is 4.47. The highest BCUT2D eigenvalue weighted by Gasteiger charge is 2.54. The standard InChI is InChI=1S/C22H30N2O4.ClH/c25-19(14-24-13-18-7-4-8-22(18,16-24)20(26)27)23-15-21(9-11-28-12-10-21)17-5-2-1-3-6-17;/h1-3,5-6,18H,4,7-16H2,(H,23,25)(H,26,27);1H/t18-,22+;/m0./s1. The van der Waals surface area contributed by atoms with Gasteiger partial charge in [-0.1, -0.05) is 36.8 Å². The second-order valence-electron chi connectivity index (χ2n) is 8.76. The lowest BCUT2D eigenvalue weighted by Gasteiger charge is -2.38. The Bertz CT molecular complexity index is 723. The highest BCUT2D eigenvalue weighted by molar-refractivity contribution is 5.85. The molecule has 29 heavy (non-hydrogen) atoms. The first-order valence-corrected chi connectivity index (χ1v) is 10.4. The number of hydrogen-bond donors (Lipinski definition) is 2. The van der Waals surface area contributed by atoms with Crippen molar-refractivity contribution in [1.29, 1.82) is 0 Å². The Hall–Kier alpha value is -1.63. The molecule has 3 aliphatic rings. The van der Waals surface area contributed by atoms with Gasteiger partial charge in [-0.25, -0.2) is 0 Å². The number of carboxylic acid groups (broad SMARTS) is 1. The van der Waals surface area contributed by atoms with E-state index in [2.05, 4.69) is 17.4 Å². The molecule has 2 atom stereocenters. The summed E-state index contributed by atoms with van der Waals surface area (Å²) in [4.78, 5) is 26.5. The number of hydrogen-bond acceptors (Lipinski definition) is 4. The van der Waals surface area contributed by atoms with E-state index in [9.17, 15) is 14.7 Å². The Kier molecular flexibility index (Phi) is 6.87. The van der Waals surface area contributed by atoms with Gasteiger partial charge >= 0.3 is 5.97 Å². The van der Waals surface area contributed by atoms with Crippen LogP contribution in [-0.4, -0.2) is 61.3 Å². The van der Waals surface area contributed by atoms with Gasteiger partial charge in [-0.3, -0.25) is 14.5 Å². The van der Waals surface area contributed by atoms with Crippen molar-refractivity contribution in [2.75, 3.05) is 39.4 Å². The minimum atomic E-state index is -0.692. The lowest BCUT2D eigenvalue weighted by molar-refractivity contribution is -0.149. The number of carbonyl (C=O) groups excluding carboxylic acids is 1. The number of nitrogens with zero attached hydrogens (tertiary/aromatic N) is 1. The van der Waals surface area contributed by atoms with Crippen LogP contribution in [0, 0.1) is 11.3 Å². The SMILES string of the molecule is Cl.O=C(CN1C[C@@H]2CCC[C@@]2(C(=O)O)C1)NCC1(c2ccccc2)CCOCC1. The number of nitrogens with one attached hydrogen (secondary N) is 1. The van der Waals surface area contributed by atoms with Crippen molar-refractivity contribution < 1.29 is 19.4 Å². The van der Waals surface area contributed by atoms with E-state index in [0.29, 0.717) is 26.3 Å². The molecule has 1 aromatic rings. The number of carboxylic acids is 1. The van der Waals surface area contributed by atoms with Gasteiger partial charge < -0.3 is 15.2 Å². The van der Waals surface area contributed by atoms with Crippen LogP contribution in [0.4, 0.5) is 0 Å². The zero-order valence-electron chi connectivity index (χ0n) is 16.8. The minimum Gasteiger partial charge on any atom is -0.481 e. The fourth-order valence-corrected chi connectivity index (χ4v) is 5.51. The van der Waals surface area contributed by atoms with Gasteiger partial charge in [0.2, 0.25) is 5.91 Å². The number of fused-ring (bicyclic) bond motifs is 1. The van der Waals surface area contributed by atoms with Gasteiger partial charge in [0.15, 0.2) is 0 Å². The monoisotopic (exact) mass is 422 g/mol. The number of likely N-dealkylation sites (tertiary alicyclic amines) is 1. The first-order valence-electron chi connectivity index (χ1n) is 10.4. The van der Waals surface area contributed by atoms with Crippen LogP contribution >= 0.6 is 12.4 Å². The summed E-state index contributed by atoms with van der Waals surface area (Å²) < 4.78 is 5.56. The molecule has 3 fully saturated rings. The number of ether oxygens (including phenoxy) is 1. The number of halogens is 1. The van der Waals surface area contributed by atoms with Gasteiger partial charge in [-0.2, -0.15) is 0 Å². The molecule has 0 unspecified atom stereocenters. The van der Waals surface area contributed by atoms with Crippen LogP contribution in [0.3, 0.4) is 0 Å². The third kappa shape index (κ3) is 4.30. The van der Waals surface area contributed by atoms with Crippen LogP contribution in [-0.2, 0) is 19.7 Å². The molecule has 2 heterocycles. The summed E-state index contributed by atoms with van der Waals surface area (Å²) >= 11 is 0. The van der Waals surface area contributed by atoms with Gasteiger partial charge in [-0.05, 0) is 37.2 Å². The van der Waals surface area contributed by atoms with Crippen LogP contribution in [0.1, 0.15) is 37.7 Å². The summed E-state index contributed by atoms with van der Waals surface area (Å²) in [5.74, 6) is -0.519. The Balaban J connectivity index is 0.00000240. The Morgan fingerprint density at radius 3 is 2.55 bits per heavy atom. The average Bonchev–Trinajstić information content (AvgIpc) is 3.26. The highest BCUT2D eigenvalue weighted by Crippen LogP contribution is 2.48. The molecule has 0 spiro atoms. The molecule has 0 aromatic heterocycles. The summed E-state index contributed by atoms with van der Waals surface area (Å²) in [6.45, 7) is 3.52. The predicted octanol–water partition coefficient (Wildman–Crippen LogP) is 2.46.